The van der Waals surface area contributed by atoms with E-state index in [0.717, 1.165) is 0 Å². The molecule has 1 atom stereocenters. The van der Waals surface area contributed by atoms with Gasteiger partial charge < -0.3 is 9.80 Å². The number of carbonyl (C=O) groups excluding carboxylic acids is 2. The predicted octanol–water partition coefficient (Wildman–Crippen LogP) is 1.84. The summed E-state index contributed by atoms with van der Waals surface area (Å²) in [5.74, 6) is -0.680. The maximum absolute atomic E-state index is 14.2. The number of aromatic nitrogens is 3. The molecule has 1 saturated heterocycles. The average molecular weight is 450 g/mol. The second-order valence-corrected chi connectivity index (χ2v) is 8.44. The number of benzene rings is 1. The fourth-order valence-electron chi connectivity index (χ4n) is 4.35. The third kappa shape index (κ3) is 4.23. The van der Waals surface area contributed by atoms with Gasteiger partial charge in [-0.15, -0.1) is 0 Å². The lowest BCUT2D eigenvalue weighted by molar-refractivity contribution is -0.134. The normalized spacial score (nSPS) is 19.1. The minimum absolute atomic E-state index is 0.00588. The first-order chi connectivity index (χ1) is 14.9. The van der Waals surface area contributed by atoms with Crippen molar-refractivity contribution in [3.8, 4) is 0 Å². The number of hydrogen-bond acceptors (Lipinski definition) is 4. The molecule has 2 aliphatic heterocycles. The van der Waals surface area contributed by atoms with Crippen LogP contribution < -0.4 is 5.69 Å². The molecule has 4 rings (SSSR count). The lowest BCUT2D eigenvalue weighted by Gasteiger charge is -2.28. The van der Waals surface area contributed by atoms with Crippen molar-refractivity contribution in [2.24, 2.45) is 0 Å². The summed E-state index contributed by atoms with van der Waals surface area (Å²) >= 11 is 6.11. The molecule has 2 aliphatic rings. The quantitative estimate of drug-likeness (QED) is 0.716. The summed E-state index contributed by atoms with van der Waals surface area (Å²) < 4.78 is 16.9. The molecule has 1 aromatic carbocycles. The molecule has 166 valence electrons. The zero-order chi connectivity index (χ0) is 22.1. The van der Waals surface area contributed by atoms with E-state index < -0.39 is 11.7 Å². The van der Waals surface area contributed by atoms with Crippen LogP contribution in [0.5, 0.6) is 0 Å². The summed E-state index contributed by atoms with van der Waals surface area (Å²) in [6, 6.07) is 4.36. The van der Waals surface area contributed by atoms with Crippen LogP contribution in [0.15, 0.2) is 23.0 Å². The number of carbonyl (C=O) groups is 2. The maximum Gasteiger partial charge on any atom is 0.346 e. The van der Waals surface area contributed by atoms with Gasteiger partial charge in [0, 0.05) is 50.2 Å². The molecular weight excluding hydrogens is 425 g/mol. The molecule has 1 fully saturated rings. The summed E-state index contributed by atoms with van der Waals surface area (Å²) in [5.41, 5.74) is -0.174. The molecule has 10 heteroatoms. The minimum atomic E-state index is -0.525. The van der Waals surface area contributed by atoms with E-state index in [9.17, 15) is 18.8 Å². The molecule has 0 spiro atoms. The van der Waals surface area contributed by atoms with Gasteiger partial charge in [-0.25, -0.2) is 13.9 Å². The minimum Gasteiger partial charge on any atom is -0.341 e. The summed E-state index contributed by atoms with van der Waals surface area (Å²) in [6.45, 7) is 4.07. The predicted molar refractivity (Wildman–Crippen MR) is 112 cm³/mol. The smallest absolute Gasteiger partial charge is 0.341 e. The highest BCUT2D eigenvalue weighted by molar-refractivity contribution is 6.31. The van der Waals surface area contributed by atoms with Crippen LogP contribution in [0.2, 0.25) is 5.02 Å². The second-order valence-electron chi connectivity index (χ2n) is 8.03. The van der Waals surface area contributed by atoms with E-state index in [1.807, 2.05) is 0 Å². The first kappa shape index (κ1) is 21.5. The van der Waals surface area contributed by atoms with Crippen LogP contribution in [0.3, 0.4) is 0 Å². The van der Waals surface area contributed by atoms with Crippen LogP contribution in [0.4, 0.5) is 4.39 Å². The molecule has 3 heterocycles. The fraction of sp³-hybridized carbons (Fsp3) is 0.524. The Balaban J connectivity index is 1.58. The number of rotatable bonds is 3. The van der Waals surface area contributed by atoms with Gasteiger partial charge in [-0.2, -0.15) is 5.10 Å². The van der Waals surface area contributed by atoms with Crippen LogP contribution in [-0.4, -0.2) is 62.1 Å². The fourth-order valence-corrected chi connectivity index (χ4v) is 4.57. The Hall–Kier alpha value is -2.68. The summed E-state index contributed by atoms with van der Waals surface area (Å²) in [4.78, 5) is 41.4. The number of nitrogens with zero attached hydrogens (tertiary/aromatic N) is 5. The molecule has 1 unspecified atom stereocenters. The van der Waals surface area contributed by atoms with Gasteiger partial charge in [-0.3, -0.25) is 14.2 Å². The zero-order valence-electron chi connectivity index (χ0n) is 17.4. The molecule has 0 aliphatic carbocycles. The highest BCUT2D eigenvalue weighted by Gasteiger charge is 2.35. The monoisotopic (exact) mass is 449 g/mol. The van der Waals surface area contributed by atoms with Gasteiger partial charge in [0.05, 0.1) is 12.5 Å². The Morgan fingerprint density at radius 1 is 1.13 bits per heavy atom. The molecular formula is C21H25ClFN5O3. The summed E-state index contributed by atoms with van der Waals surface area (Å²) in [7, 11) is 0. The van der Waals surface area contributed by atoms with Crippen molar-refractivity contribution in [2.75, 3.05) is 26.2 Å². The van der Waals surface area contributed by atoms with E-state index in [2.05, 4.69) is 5.10 Å². The third-order valence-corrected chi connectivity index (χ3v) is 6.41. The van der Waals surface area contributed by atoms with E-state index in [4.69, 9.17) is 11.6 Å². The lowest BCUT2D eigenvalue weighted by atomic mass is 9.97. The van der Waals surface area contributed by atoms with E-state index >= 15 is 0 Å². The Morgan fingerprint density at radius 2 is 1.87 bits per heavy atom. The summed E-state index contributed by atoms with van der Waals surface area (Å²) in [5, 5.41) is 4.65. The van der Waals surface area contributed by atoms with E-state index in [1.165, 1.54) is 28.3 Å². The van der Waals surface area contributed by atoms with Gasteiger partial charge in [-0.05, 0) is 31.4 Å². The van der Waals surface area contributed by atoms with Crippen LogP contribution in [0.25, 0.3) is 0 Å². The van der Waals surface area contributed by atoms with Crippen molar-refractivity contribution in [1.82, 2.24) is 24.1 Å². The van der Waals surface area contributed by atoms with Crippen molar-refractivity contribution in [1.29, 1.82) is 0 Å². The van der Waals surface area contributed by atoms with Gasteiger partial charge in [-0.1, -0.05) is 17.7 Å². The van der Waals surface area contributed by atoms with Crippen molar-refractivity contribution in [3.05, 3.63) is 50.9 Å². The van der Waals surface area contributed by atoms with Crippen LogP contribution in [0.1, 0.15) is 43.5 Å². The lowest BCUT2D eigenvalue weighted by Crippen LogP contribution is -2.41. The number of amides is 2. The molecule has 0 saturated carbocycles. The van der Waals surface area contributed by atoms with Gasteiger partial charge in [0.25, 0.3) is 0 Å². The van der Waals surface area contributed by atoms with Gasteiger partial charge in [0.1, 0.15) is 11.6 Å². The van der Waals surface area contributed by atoms with Crippen molar-refractivity contribution in [3.63, 3.8) is 0 Å². The standard InChI is InChI=1S/C21H25ClFN5O3/c1-14(29)25-8-4-9-26(12-11-25)20(30)15-5-3-10-27-19(15)24-28(21(27)31)13-16-17(22)6-2-7-18(16)23/h2,6-7,15H,3-5,8-13H2,1H3. The van der Waals surface area contributed by atoms with Crippen molar-refractivity contribution >= 4 is 23.4 Å². The van der Waals surface area contributed by atoms with Crippen LogP contribution in [-0.2, 0) is 22.7 Å². The first-order valence-corrected chi connectivity index (χ1v) is 10.9. The Labute approximate surface area is 184 Å². The van der Waals surface area contributed by atoms with Gasteiger partial charge >= 0.3 is 5.69 Å². The molecule has 31 heavy (non-hydrogen) atoms. The van der Waals surface area contributed by atoms with Crippen molar-refractivity contribution in [2.45, 2.75) is 45.2 Å². The van der Waals surface area contributed by atoms with E-state index in [1.54, 1.807) is 15.9 Å². The average Bonchev–Trinajstić information content (AvgIpc) is 2.92. The molecule has 1 aromatic heterocycles. The van der Waals surface area contributed by atoms with Crippen molar-refractivity contribution < 1.29 is 14.0 Å². The Kier molecular flexibility index (Phi) is 6.13. The molecule has 0 bridgehead atoms. The largest absolute Gasteiger partial charge is 0.346 e. The van der Waals surface area contributed by atoms with Crippen LogP contribution in [0, 0.1) is 5.82 Å². The number of halogens is 2. The molecule has 2 aromatic rings. The molecule has 0 N–H and O–H groups in total. The van der Waals surface area contributed by atoms with E-state index in [0.29, 0.717) is 57.8 Å². The number of fused-ring (bicyclic) bond motifs is 1. The molecule has 8 nitrogen and oxygen atoms in total. The first-order valence-electron chi connectivity index (χ1n) is 10.5. The third-order valence-electron chi connectivity index (χ3n) is 6.06. The number of hydrogen-bond donors (Lipinski definition) is 0. The second kappa shape index (κ2) is 8.82. The highest BCUT2D eigenvalue weighted by atomic mass is 35.5. The van der Waals surface area contributed by atoms with Crippen LogP contribution >= 0.6 is 11.6 Å². The maximum atomic E-state index is 14.2. The van der Waals surface area contributed by atoms with Gasteiger partial charge in [0.15, 0.2) is 0 Å². The highest BCUT2D eigenvalue weighted by Crippen LogP contribution is 2.27. The summed E-state index contributed by atoms with van der Waals surface area (Å²) in [6.07, 6.45) is 2.00. The molecule has 2 amide bonds. The molecule has 0 radical (unpaired) electrons. The topological polar surface area (TPSA) is 80.4 Å². The Bertz CT molecular complexity index is 1050. The SMILES string of the molecule is CC(=O)N1CCCN(C(=O)C2CCCn3c2nn(Cc2c(F)cccc2Cl)c3=O)CC1. The van der Waals surface area contributed by atoms with E-state index in [-0.39, 0.29) is 34.6 Å². The Morgan fingerprint density at radius 3 is 2.61 bits per heavy atom. The van der Waals surface area contributed by atoms with Gasteiger partial charge in [0.2, 0.25) is 11.8 Å². The zero-order valence-corrected chi connectivity index (χ0v) is 18.1.